The first-order valence-electron chi connectivity index (χ1n) is 6.12. The van der Waals surface area contributed by atoms with Crippen LogP contribution in [0.25, 0.3) is 0 Å². The van der Waals surface area contributed by atoms with E-state index in [9.17, 15) is 18.0 Å². The predicted molar refractivity (Wildman–Crippen MR) is 63.8 cm³/mol. The van der Waals surface area contributed by atoms with Crippen LogP contribution in [0.3, 0.4) is 0 Å². The van der Waals surface area contributed by atoms with Crippen LogP contribution in [-0.4, -0.2) is 16.1 Å². The van der Waals surface area contributed by atoms with E-state index < -0.39 is 17.8 Å². The van der Waals surface area contributed by atoms with Gasteiger partial charge in [-0.3, -0.25) is 4.79 Å². The van der Waals surface area contributed by atoms with Crippen LogP contribution in [0.4, 0.5) is 13.2 Å². The SMILES string of the molecule is CCCCc1nc(C(F)(F)F)ccc1CCC(=O)O. The summed E-state index contributed by atoms with van der Waals surface area (Å²) in [5.74, 6) is -0.971. The Kier molecular flexibility index (Phi) is 5.32. The van der Waals surface area contributed by atoms with Crippen LogP contribution < -0.4 is 0 Å². The van der Waals surface area contributed by atoms with Gasteiger partial charge in [0.15, 0.2) is 0 Å². The van der Waals surface area contributed by atoms with Gasteiger partial charge in [-0.1, -0.05) is 19.4 Å². The lowest BCUT2D eigenvalue weighted by atomic mass is 10.0. The Morgan fingerprint density at radius 2 is 2.00 bits per heavy atom. The average Bonchev–Trinajstić information content (AvgIpc) is 2.32. The maximum Gasteiger partial charge on any atom is 0.433 e. The van der Waals surface area contributed by atoms with Crippen molar-refractivity contribution >= 4 is 5.97 Å². The summed E-state index contributed by atoms with van der Waals surface area (Å²) in [5.41, 5.74) is 0.0273. The van der Waals surface area contributed by atoms with Crippen LogP contribution in [0.2, 0.25) is 0 Å². The second kappa shape index (κ2) is 6.54. The van der Waals surface area contributed by atoms with Crippen molar-refractivity contribution in [2.24, 2.45) is 0 Å². The number of carbonyl (C=O) groups is 1. The smallest absolute Gasteiger partial charge is 0.433 e. The van der Waals surface area contributed by atoms with Gasteiger partial charge in [0.1, 0.15) is 5.69 Å². The predicted octanol–water partition coefficient (Wildman–Crippen LogP) is 3.46. The molecule has 0 unspecified atom stereocenters. The molecule has 0 aliphatic heterocycles. The molecule has 0 amide bonds. The van der Waals surface area contributed by atoms with Gasteiger partial charge in [-0.2, -0.15) is 13.2 Å². The van der Waals surface area contributed by atoms with Crippen molar-refractivity contribution < 1.29 is 23.1 Å². The summed E-state index contributed by atoms with van der Waals surface area (Å²) in [6.45, 7) is 1.94. The molecule has 6 heteroatoms. The Morgan fingerprint density at radius 1 is 1.32 bits per heavy atom. The molecule has 19 heavy (non-hydrogen) atoms. The third kappa shape index (κ3) is 4.89. The zero-order valence-corrected chi connectivity index (χ0v) is 10.6. The molecule has 106 valence electrons. The molecule has 1 aromatic rings. The van der Waals surface area contributed by atoms with Gasteiger partial charge in [0.05, 0.1) is 0 Å². The number of rotatable bonds is 6. The molecule has 1 N–H and O–H groups in total. The van der Waals surface area contributed by atoms with E-state index in [0.717, 1.165) is 18.9 Å². The molecule has 0 aliphatic carbocycles. The van der Waals surface area contributed by atoms with E-state index in [0.29, 0.717) is 17.7 Å². The fourth-order valence-electron chi connectivity index (χ4n) is 1.72. The molecule has 3 nitrogen and oxygen atoms in total. The summed E-state index contributed by atoms with van der Waals surface area (Å²) in [6, 6.07) is 2.25. The minimum absolute atomic E-state index is 0.105. The Balaban J connectivity index is 2.98. The summed E-state index contributed by atoms with van der Waals surface area (Å²) >= 11 is 0. The fraction of sp³-hybridized carbons (Fsp3) is 0.538. The van der Waals surface area contributed by atoms with E-state index in [-0.39, 0.29) is 12.8 Å². The zero-order valence-electron chi connectivity index (χ0n) is 10.6. The summed E-state index contributed by atoms with van der Waals surface area (Å²) in [6.07, 6.45) is -2.35. The van der Waals surface area contributed by atoms with E-state index in [4.69, 9.17) is 5.11 Å². The first-order chi connectivity index (χ1) is 8.84. The normalized spacial score (nSPS) is 11.6. The van der Waals surface area contributed by atoms with Crippen molar-refractivity contribution in [2.45, 2.75) is 45.2 Å². The number of aromatic nitrogens is 1. The number of carboxylic acids is 1. The highest BCUT2D eigenvalue weighted by molar-refractivity contribution is 5.67. The van der Waals surface area contributed by atoms with Crippen molar-refractivity contribution in [3.63, 3.8) is 0 Å². The maximum atomic E-state index is 12.6. The highest BCUT2D eigenvalue weighted by Gasteiger charge is 2.32. The number of aryl methyl sites for hydroxylation is 2. The lowest BCUT2D eigenvalue weighted by Gasteiger charge is -2.12. The number of halogens is 3. The molecule has 0 aliphatic rings. The van der Waals surface area contributed by atoms with Gasteiger partial charge in [-0.15, -0.1) is 0 Å². The summed E-state index contributed by atoms with van der Waals surface area (Å²) in [4.78, 5) is 14.2. The largest absolute Gasteiger partial charge is 0.481 e. The molecule has 0 bridgehead atoms. The number of hydrogen-bond donors (Lipinski definition) is 1. The van der Waals surface area contributed by atoms with Crippen LogP contribution in [-0.2, 0) is 23.8 Å². The fourth-order valence-corrected chi connectivity index (χ4v) is 1.72. The minimum Gasteiger partial charge on any atom is -0.481 e. The Bertz CT molecular complexity index is 444. The molecular weight excluding hydrogens is 259 g/mol. The summed E-state index contributed by atoms with van der Waals surface area (Å²) < 4.78 is 37.7. The van der Waals surface area contributed by atoms with E-state index in [1.165, 1.54) is 6.07 Å². The van der Waals surface area contributed by atoms with E-state index >= 15 is 0 Å². The number of aliphatic carboxylic acids is 1. The first-order valence-corrected chi connectivity index (χ1v) is 6.12. The number of nitrogens with zero attached hydrogens (tertiary/aromatic N) is 1. The molecule has 1 aromatic heterocycles. The van der Waals surface area contributed by atoms with Crippen LogP contribution in [0.15, 0.2) is 12.1 Å². The molecule has 0 atom stereocenters. The standard InChI is InChI=1S/C13H16F3NO2/c1-2-3-4-10-9(6-8-12(18)19)5-7-11(17-10)13(14,15)16/h5,7H,2-4,6,8H2,1H3,(H,18,19). The molecule has 0 saturated carbocycles. The van der Waals surface area contributed by atoms with Gasteiger partial charge in [-0.25, -0.2) is 4.98 Å². The van der Waals surface area contributed by atoms with E-state index in [2.05, 4.69) is 4.98 Å². The molecule has 0 aromatic carbocycles. The third-order valence-electron chi connectivity index (χ3n) is 2.73. The lowest BCUT2D eigenvalue weighted by Crippen LogP contribution is -2.12. The second-order valence-corrected chi connectivity index (χ2v) is 4.30. The number of unbranched alkanes of at least 4 members (excludes halogenated alkanes) is 1. The van der Waals surface area contributed by atoms with Gasteiger partial charge in [0.2, 0.25) is 0 Å². The van der Waals surface area contributed by atoms with Gasteiger partial charge in [-0.05, 0) is 30.9 Å². The third-order valence-corrected chi connectivity index (χ3v) is 2.73. The number of hydrogen-bond acceptors (Lipinski definition) is 2. The van der Waals surface area contributed by atoms with Crippen LogP contribution in [0.1, 0.15) is 43.1 Å². The highest BCUT2D eigenvalue weighted by atomic mass is 19.4. The number of alkyl halides is 3. The molecule has 1 heterocycles. The van der Waals surface area contributed by atoms with Crippen molar-refractivity contribution in [3.8, 4) is 0 Å². The molecule has 1 rings (SSSR count). The van der Waals surface area contributed by atoms with Crippen LogP contribution in [0, 0.1) is 0 Å². The average molecular weight is 275 g/mol. The lowest BCUT2D eigenvalue weighted by molar-refractivity contribution is -0.141. The second-order valence-electron chi connectivity index (χ2n) is 4.30. The summed E-state index contributed by atoms with van der Waals surface area (Å²) in [7, 11) is 0. The van der Waals surface area contributed by atoms with Crippen molar-refractivity contribution in [2.75, 3.05) is 0 Å². The Morgan fingerprint density at radius 3 is 2.53 bits per heavy atom. The Labute approximate surface area is 109 Å². The first kappa shape index (κ1) is 15.5. The van der Waals surface area contributed by atoms with Crippen molar-refractivity contribution in [1.82, 2.24) is 4.98 Å². The zero-order chi connectivity index (χ0) is 14.5. The molecule has 0 fully saturated rings. The number of pyridine rings is 1. The van der Waals surface area contributed by atoms with Gasteiger partial charge < -0.3 is 5.11 Å². The maximum absolute atomic E-state index is 12.6. The number of carboxylic acid groups (broad SMARTS) is 1. The van der Waals surface area contributed by atoms with Crippen LogP contribution >= 0.6 is 0 Å². The highest BCUT2D eigenvalue weighted by Crippen LogP contribution is 2.28. The van der Waals surface area contributed by atoms with Crippen molar-refractivity contribution in [3.05, 3.63) is 29.1 Å². The van der Waals surface area contributed by atoms with Crippen molar-refractivity contribution in [1.29, 1.82) is 0 Å². The Hall–Kier alpha value is -1.59. The molecular formula is C13H16F3NO2. The molecule has 0 saturated heterocycles. The van der Waals surface area contributed by atoms with Gasteiger partial charge in [0, 0.05) is 12.1 Å². The molecule has 0 spiro atoms. The topological polar surface area (TPSA) is 50.2 Å². The quantitative estimate of drug-likeness (QED) is 0.865. The minimum atomic E-state index is -4.47. The summed E-state index contributed by atoms with van der Waals surface area (Å²) in [5, 5.41) is 8.63. The van der Waals surface area contributed by atoms with Crippen LogP contribution in [0.5, 0.6) is 0 Å². The molecule has 0 radical (unpaired) electrons. The van der Waals surface area contributed by atoms with Gasteiger partial charge in [0.25, 0.3) is 0 Å². The van der Waals surface area contributed by atoms with E-state index in [1.54, 1.807) is 0 Å². The van der Waals surface area contributed by atoms with E-state index in [1.807, 2.05) is 6.92 Å². The monoisotopic (exact) mass is 275 g/mol. The van der Waals surface area contributed by atoms with Gasteiger partial charge >= 0.3 is 12.1 Å².